The van der Waals surface area contributed by atoms with E-state index in [0.29, 0.717) is 17.9 Å². The van der Waals surface area contributed by atoms with E-state index in [0.717, 1.165) is 18.7 Å². The van der Waals surface area contributed by atoms with Crippen LogP contribution in [0.2, 0.25) is 0 Å². The highest BCUT2D eigenvalue weighted by Crippen LogP contribution is 2.31. The van der Waals surface area contributed by atoms with Crippen molar-refractivity contribution in [3.05, 3.63) is 28.7 Å². The number of hydrogen-bond acceptors (Lipinski definition) is 2. The fourth-order valence-corrected chi connectivity index (χ4v) is 3.19. The molecule has 1 aliphatic carbocycles. The number of rotatable bonds is 4. The highest BCUT2D eigenvalue weighted by molar-refractivity contribution is 5.41. The predicted molar refractivity (Wildman–Crippen MR) is 80.6 cm³/mol. The lowest BCUT2D eigenvalue weighted by atomic mass is 9.78. The summed E-state index contributed by atoms with van der Waals surface area (Å²) in [5.74, 6) is 1.41. The molecular formula is C16H26N2O. The van der Waals surface area contributed by atoms with Gasteiger partial charge in [-0.2, -0.15) is 0 Å². The number of aromatic nitrogens is 1. The van der Waals surface area contributed by atoms with Crippen LogP contribution >= 0.6 is 0 Å². The topological polar surface area (TPSA) is 34.0 Å². The highest BCUT2D eigenvalue weighted by Gasteiger charge is 2.27. The van der Waals surface area contributed by atoms with Crippen LogP contribution in [0.1, 0.15) is 46.5 Å². The smallest absolute Gasteiger partial charge is 0.250 e. The van der Waals surface area contributed by atoms with E-state index >= 15 is 0 Å². The molecule has 0 saturated heterocycles. The maximum absolute atomic E-state index is 11.7. The minimum atomic E-state index is 0.0946. The molecule has 1 heterocycles. The minimum Gasteiger partial charge on any atom is -0.381 e. The first kappa shape index (κ1) is 14.2. The monoisotopic (exact) mass is 262 g/mol. The van der Waals surface area contributed by atoms with Crippen molar-refractivity contribution in [2.45, 2.75) is 59.0 Å². The molecule has 0 aromatic carbocycles. The Bertz CT molecular complexity index is 456. The number of hydrogen-bond donors (Lipinski definition) is 1. The van der Waals surface area contributed by atoms with Gasteiger partial charge in [0.2, 0.25) is 0 Å². The van der Waals surface area contributed by atoms with Gasteiger partial charge in [0.1, 0.15) is 0 Å². The second-order valence-electron chi connectivity index (χ2n) is 6.00. The first-order valence-electron chi connectivity index (χ1n) is 7.59. The van der Waals surface area contributed by atoms with E-state index in [2.05, 4.69) is 26.1 Å². The van der Waals surface area contributed by atoms with Crippen LogP contribution < -0.4 is 10.9 Å². The molecule has 1 aliphatic rings. The highest BCUT2D eigenvalue weighted by atomic mass is 16.1. The van der Waals surface area contributed by atoms with Crippen molar-refractivity contribution in [2.75, 3.05) is 5.32 Å². The van der Waals surface area contributed by atoms with Crippen molar-refractivity contribution < 1.29 is 0 Å². The second kappa shape index (κ2) is 6.27. The standard InChI is InChI=1S/C16H26N2O/c1-4-10-18-11-14(8-9-15(18)19)17-16-12(2)6-5-7-13(16)3/h8-9,11-13,16-17H,4-7,10H2,1-3H3. The number of nitrogens with one attached hydrogen (secondary N) is 1. The third kappa shape index (κ3) is 3.40. The van der Waals surface area contributed by atoms with Gasteiger partial charge in [0.15, 0.2) is 0 Å². The summed E-state index contributed by atoms with van der Waals surface area (Å²) in [6.45, 7) is 7.55. The van der Waals surface area contributed by atoms with Crippen LogP contribution in [0.4, 0.5) is 5.69 Å². The Balaban J connectivity index is 2.13. The Labute approximate surface area is 116 Å². The molecule has 0 spiro atoms. The molecule has 0 bridgehead atoms. The van der Waals surface area contributed by atoms with Crippen molar-refractivity contribution in [3.63, 3.8) is 0 Å². The lowest BCUT2D eigenvalue weighted by Gasteiger charge is -2.36. The van der Waals surface area contributed by atoms with E-state index in [4.69, 9.17) is 0 Å². The van der Waals surface area contributed by atoms with Gasteiger partial charge in [-0.3, -0.25) is 4.79 Å². The summed E-state index contributed by atoms with van der Waals surface area (Å²) in [6, 6.07) is 4.12. The number of aryl methyl sites for hydroxylation is 1. The normalized spacial score (nSPS) is 27.2. The largest absolute Gasteiger partial charge is 0.381 e. The molecule has 0 radical (unpaired) electrons. The van der Waals surface area contributed by atoms with Crippen molar-refractivity contribution in [3.8, 4) is 0 Å². The molecule has 2 atom stereocenters. The molecule has 1 N–H and O–H groups in total. The quantitative estimate of drug-likeness (QED) is 0.901. The zero-order valence-corrected chi connectivity index (χ0v) is 12.4. The Hall–Kier alpha value is -1.25. The Morgan fingerprint density at radius 2 is 1.95 bits per heavy atom. The number of pyridine rings is 1. The average Bonchev–Trinajstić information content (AvgIpc) is 2.38. The molecule has 3 heteroatoms. The molecule has 106 valence electrons. The minimum absolute atomic E-state index is 0.0946. The molecule has 3 nitrogen and oxygen atoms in total. The molecule has 19 heavy (non-hydrogen) atoms. The Morgan fingerprint density at radius 1 is 1.26 bits per heavy atom. The maximum Gasteiger partial charge on any atom is 0.250 e. The summed E-state index contributed by atoms with van der Waals surface area (Å²) in [7, 11) is 0. The van der Waals surface area contributed by atoms with Crippen molar-refractivity contribution in [1.29, 1.82) is 0 Å². The molecular weight excluding hydrogens is 236 g/mol. The number of anilines is 1. The van der Waals surface area contributed by atoms with Crippen molar-refractivity contribution in [2.24, 2.45) is 11.8 Å². The van der Waals surface area contributed by atoms with Crippen LogP contribution in [0, 0.1) is 11.8 Å². The predicted octanol–water partition coefficient (Wildman–Crippen LogP) is 3.49. The zero-order chi connectivity index (χ0) is 13.8. The molecule has 2 unspecified atom stereocenters. The summed E-state index contributed by atoms with van der Waals surface area (Å²) < 4.78 is 1.81. The van der Waals surface area contributed by atoms with Crippen LogP contribution in [0.15, 0.2) is 23.1 Å². The van der Waals surface area contributed by atoms with Gasteiger partial charge >= 0.3 is 0 Å². The lowest BCUT2D eigenvalue weighted by molar-refractivity contribution is 0.268. The summed E-state index contributed by atoms with van der Waals surface area (Å²) in [4.78, 5) is 11.7. The van der Waals surface area contributed by atoms with Crippen LogP contribution in [0.25, 0.3) is 0 Å². The number of nitrogens with zero attached hydrogens (tertiary/aromatic N) is 1. The molecule has 1 fully saturated rings. The average molecular weight is 262 g/mol. The van der Waals surface area contributed by atoms with Gasteiger partial charge in [0.05, 0.1) is 5.69 Å². The molecule has 1 saturated carbocycles. The van der Waals surface area contributed by atoms with Gasteiger partial charge in [-0.15, -0.1) is 0 Å². The second-order valence-corrected chi connectivity index (χ2v) is 6.00. The van der Waals surface area contributed by atoms with Gasteiger partial charge in [0, 0.05) is 24.8 Å². The lowest BCUT2D eigenvalue weighted by Crippen LogP contribution is -2.37. The van der Waals surface area contributed by atoms with Crippen molar-refractivity contribution >= 4 is 5.69 Å². The van der Waals surface area contributed by atoms with E-state index in [1.54, 1.807) is 10.6 Å². The first-order chi connectivity index (χ1) is 9.11. The van der Waals surface area contributed by atoms with Gasteiger partial charge < -0.3 is 9.88 Å². The third-order valence-corrected chi connectivity index (χ3v) is 4.33. The van der Waals surface area contributed by atoms with E-state index in [1.165, 1.54) is 19.3 Å². The van der Waals surface area contributed by atoms with E-state index in [9.17, 15) is 4.79 Å². The van der Waals surface area contributed by atoms with Gasteiger partial charge in [0.25, 0.3) is 5.56 Å². The summed E-state index contributed by atoms with van der Waals surface area (Å²) >= 11 is 0. The molecule has 2 rings (SSSR count). The van der Waals surface area contributed by atoms with Gasteiger partial charge in [-0.1, -0.05) is 27.2 Å². The molecule has 0 aliphatic heterocycles. The van der Waals surface area contributed by atoms with Gasteiger partial charge in [-0.05, 0) is 37.2 Å². The van der Waals surface area contributed by atoms with Crippen molar-refractivity contribution in [1.82, 2.24) is 4.57 Å². The fraction of sp³-hybridized carbons (Fsp3) is 0.688. The summed E-state index contributed by atoms with van der Waals surface area (Å²) in [6.07, 6.45) is 6.91. The van der Waals surface area contributed by atoms with E-state index in [-0.39, 0.29) is 5.56 Å². The molecule has 1 aromatic heterocycles. The van der Waals surface area contributed by atoms with E-state index in [1.807, 2.05) is 12.3 Å². The fourth-order valence-electron chi connectivity index (χ4n) is 3.19. The van der Waals surface area contributed by atoms with E-state index < -0.39 is 0 Å². The first-order valence-corrected chi connectivity index (χ1v) is 7.59. The third-order valence-electron chi connectivity index (χ3n) is 4.33. The summed E-state index contributed by atoms with van der Waals surface area (Å²) in [5, 5.41) is 3.65. The van der Waals surface area contributed by atoms with Crippen LogP contribution in [0.3, 0.4) is 0 Å². The summed E-state index contributed by atoms with van der Waals surface area (Å²) in [5.41, 5.74) is 1.18. The SMILES string of the molecule is CCCn1cc(NC2C(C)CCCC2C)ccc1=O. The van der Waals surface area contributed by atoms with Crippen LogP contribution in [0.5, 0.6) is 0 Å². The van der Waals surface area contributed by atoms with Crippen LogP contribution in [-0.2, 0) is 6.54 Å². The molecule has 0 amide bonds. The van der Waals surface area contributed by atoms with Crippen LogP contribution in [-0.4, -0.2) is 10.6 Å². The Morgan fingerprint density at radius 3 is 2.58 bits per heavy atom. The Kier molecular flexibility index (Phi) is 4.67. The van der Waals surface area contributed by atoms with Gasteiger partial charge in [-0.25, -0.2) is 0 Å². The molecule has 1 aromatic rings. The zero-order valence-electron chi connectivity index (χ0n) is 12.4. The maximum atomic E-state index is 11.7.